The van der Waals surface area contributed by atoms with Crippen molar-refractivity contribution in [2.45, 2.75) is 33.1 Å². The molecule has 21 heavy (non-hydrogen) atoms. The lowest BCUT2D eigenvalue weighted by molar-refractivity contribution is -0.145. The van der Waals surface area contributed by atoms with Gasteiger partial charge in [0, 0.05) is 17.9 Å². The van der Waals surface area contributed by atoms with E-state index in [0.29, 0.717) is 6.42 Å². The molecule has 1 atom stereocenters. The SMILES string of the molecule is Cc1cc(C)c2c(c1)C1=NN(CC(=O)O)C(=O)CC1CC2. The maximum atomic E-state index is 12.0. The molecule has 1 aliphatic carbocycles. The van der Waals surface area contributed by atoms with Crippen LogP contribution in [0.5, 0.6) is 0 Å². The van der Waals surface area contributed by atoms with Gasteiger partial charge in [-0.1, -0.05) is 11.6 Å². The lowest BCUT2D eigenvalue weighted by Crippen LogP contribution is -2.41. The molecule has 5 heteroatoms. The Morgan fingerprint density at radius 1 is 1.43 bits per heavy atom. The molecule has 0 saturated carbocycles. The van der Waals surface area contributed by atoms with Gasteiger partial charge in [-0.15, -0.1) is 0 Å². The average Bonchev–Trinajstić information content (AvgIpc) is 2.39. The fraction of sp³-hybridized carbons (Fsp3) is 0.438. The Bertz CT molecular complexity index is 664. The van der Waals surface area contributed by atoms with E-state index in [4.69, 9.17) is 5.11 Å². The highest BCUT2D eigenvalue weighted by Gasteiger charge is 2.35. The van der Waals surface area contributed by atoms with Crippen LogP contribution in [0, 0.1) is 19.8 Å². The highest BCUT2D eigenvalue weighted by molar-refractivity contribution is 6.08. The first-order valence-corrected chi connectivity index (χ1v) is 7.17. The summed E-state index contributed by atoms with van der Waals surface area (Å²) in [7, 11) is 0. The molecule has 1 heterocycles. The molecule has 0 saturated heterocycles. The zero-order chi connectivity index (χ0) is 15.1. The van der Waals surface area contributed by atoms with Crippen molar-refractivity contribution in [3.63, 3.8) is 0 Å². The molecule has 1 amide bonds. The lowest BCUT2D eigenvalue weighted by Gasteiger charge is -2.33. The van der Waals surface area contributed by atoms with Gasteiger partial charge in [-0.2, -0.15) is 5.10 Å². The van der Waals surface area contributed by atoms with Gasteiger partial charge < -0.3 is 5.11 Å². The van der Waals surface area contributed by atoms with E-state index >= 15 is 0 Å². The van der Waals surface area contributed by atoms with Crippen LogP contribution in [-0.4, -0.2) is 34.2 Å². The molecule has 0 spiro atoms. The molecule has 1 N–H and O–H groups in total. The molecule has 0 fully saturated rings. The van der Waals surface area contributed by atoms with Crippen LogP contribution < -0.4 is 0 Å². The van der Waals surface area contributed by atoms with Gasteiger partial charge in [0.05, 0.1) is 5.71 Å². The van der Waals surface area contributed by atoms with Crippen LogP contribution in [0.4, 0.5) is 0 Å². The van der Waals surface area contributed by atoms with Crippen molar-refractivity contribution in [3.05, 3.63) is 34.4 Å². The minimum Gasteiger partial charge on any atom is -0.480 e. The summed E-state index contributed by atoms with van der Waals surface area (Å²) >= 11 is 0. The van der Waals surface area contributed by atoms with Crippen molar-refractivity contribution in [2.24, 2.45) is 11.0 Å². The van der Waals surface area contributed by atoms with Gasteiger partial charge in [-0.25, -0.2) is 5.01 Å². The number of rotatable bonds is 2. The molecule has 3 rings (SSSR count). The molecule has 0 bridgehead atoms. The van der Waals surface area contributed by atoms with E-state index in [1.807, 2.05) is 6.92 Å². The van der Waals surface area contributed by atoms with E-state index in [1.54, 1.807) is 0 Å². The number of carboxylic acid groups (broad SMARTS) is 1. The van der Waals surface area contributed by atoms with Crippen LogP contribution in [0.25, 0.3) is 0 Å². The summed E-state index contributed by atoms with van der Waals surface area (Å²) in [5.41, 5.74) is 5.65. The average molecular weight is 286 g/mol. The Morgan fingerprint density at radius 3 is 2.90 bits per heavy atom. The second-order valence-electron chi connectivity index (χ2n) is 5.88. The zero-order valence-corrected chi connectivity index (χ0v) is 12.2. The standard InChI is InChI=1S/C16H18N2O3/c1-9-5-10(2)12-4-3-11-7-14(19)18(8-15(20)21)17-16(11)13(12)6-9/h5-6,11H,3-4,7-8H2,1-2H3,(H,20,21). The first-order valence-electron chi connectivity index (χ1n) is 7.17. The zero-order valence-electron chi connectivity index (χ0n) is 12.2. The van der Waals surface area contributed by atoms with Crippen molar-refractivity contribution < 1.29 is 14.7 Å². The van der Waals surface area contributed by atoms with E-state index in [0.717, 1.165) is 34.7 Å². The number of benzene rings is 1. The Balaban J connectivity index is 2.08. The third-order valence-electron chi connectivity index (χ3n) is 4.25. The first-order chi connectivity index (χ1) is 9.95. The molecule has 0 aromatic heterocycles. The largest absolute Gasteiger partial charge is 0.480 e. The molecule has 0 radical (unpaired) electrons. The van der Waals surface area contributed by atoms with Crippen molar-refractivity contribution in [1.82, 2.24) is 5.01 Å². The van der Waals surface area contributed by atoms with Crippen molar-refractivity contribution in [2.75, 3.05) is 6.54 Å². The Morgan fingerprint density at radius 2 is 2.19 bits per heavy atom. The second kappa shape index (κ2) is 4.98. The smallest absolute Gasteiger partial charge is 0.325 e. The quantitative estimate of drug-likeness (QED) is 0.902. The Labute approximate surface area is 123 Å². The molecule has 1 aliphatic heterocycles. The number of hydrogen-bond donors (Lipinski definition) is 1. The molecule has 2 aliphatic rings. The summed E-state index contributed by atoms with van der Waals surface area (Å²) in [5.74, 6) is -1.11. The summed E-state index contributed by atoms with van der Waals surface area (Å²) < 4.78 is 0. The van der Waals surface area contributed by atoms with Crippen LogP contribution in [0.1, 0.15) is 35.1 Å². The highest BCUT2D eigenvalue weighted by Crippen LogP contribution is 2.34. The van der Waals surface area contributed by atoms with E-state index in [-0.39, 0.29) is 18.4 Å². The molecular weight excluding hydrogens is 268 g/mol. The van der Waals surface area contributed by atoms with Gasteiger partial charge in [0.2, 0.25) is 5.91 Å². The number of nitrogens with zero attached hydrogens (tertiary/aromatic N) is 2. The van der Waals surface area contributed by atoms with Crippen molar-refractivity contribution >= 4 is 17.6 Å². The molecule has 110 valence electrons. The molecule has 1 unspecified atom stereocenters. The summed E-state index contributed by atoms with van der Waals surface area (Å²) in [5, 5.41) is 14.4. The minimum atomic E-state index is -1.04. The number of carboxylic acids is 1. The monoisotopic (exact) mass is 286 g/mol. The van der Waals surface area contributed by atoms with E-state index in [2.05, 4.69) is 24.2 Å². The first kappa shape index (κ1) is 13.8. The van der Waals surface area contributed by atoms with Crippen LogP contribution in [0.2, 0.25) is 0 Å². The summed E-state index contributed by atoms with van der Waals surface area (Å²) in [4.78, 5) is 22.8. The highest BCUT2D eigenvalue weighted by atomic mass is 16.4. The molecule has 1 aromatic rings. The van der Waals surface area contributed by atoms with Gasteiger partial charge in [-0.05, 0) is 43.9 Å². The van der Waals surface area contributed by atoms with Gasteiger partial charge in [0.1, 0.15) is 6.54 Å². The van der Waals surface area contributed by atoms with Crippen molar-refractivity contribution in [1.29, 1.82) is 0 Å². The minimum absolute atomic E-state index is 0.122. The summed E-state index contributed by atoms with van der Waals surface area (Å²) in [6.45, 7) is 3.77. The topological polar surface area (TPSA) is 70.0 Å². The number of hydrogen-bond acceptors (Lipinski definition) is 3. The number of fused-ring (bicyclic) bond motifs is 3. The second-order valence-corrected chi connectivity index (χ2v) is 5.88. The predicted molar refractivity (Wildman–Crippen MR) is 78.2 cm³/mol. The Kier molecular flexibility index (Phi) is 3.27. The van der Waals surface area contributed by atoms with E-state index in [9.17, 15) is 9.59 Å². The van der Waals surface area contributed by atoms with Gasteiger partial charge in [0.15, 0.2) is 0 Å². The normalized spacial score (nSPS) is 20.7. The maximum Gasteiger partial charge on any atom is 0.325 e. The van der Waals surface area contributed by atoms with Gasteiger partial charge in [0.25, 0.3) is 0 Å². The number of hydrazone groups is 1. The maximum absolute atomic E-state index is 12.0. The molecular formula is C16H18N2O3. The number of aliphatic carboxylic acids is 1. The van der Waals surface area contributed by atoms with Crippen LogP contribution in [0.3, 0.4) is 0 Å². The van der Waals surface area contributed by atoms with Gasteiger partial charge >= 0.3 is 5.97 Å². The summed E-state index contributed by atoms with van der Waals surface area (Å²) in [6, 6.07) is 4.25. The number of carbonyl (C=O) groups is 2. The van der Waals surface area contributed by atoms with Crippen LogP contribution >= 0.6 is 0 Å². The molecule has 5 nitrogen and oxygen atoms in total. The number of aryl methyl sites for hydroxylation is 2. The summed E-state index contributed by atoms with van der Waals surface area (Å²) in [6.07, 6.45) is 2.22. The molecule has 1 aromatic carbocycles. The third-order valence-corrected chi connectivity index (χ3v) is 4.25. The lowest BCUT2D eigenvalue weighted by atomic mass is 9.77. The van der Waals surface area contributed by atoms with Crippen molar-refractivity contribution in [3.8, 4) is 0 Å². The number of carbonyl (C=O) groups excluding carboxylic acids is 1. The fourth-order valence-electron chi connectivity index (χ4n) is 3.32. The van der Waals surface area contributed by atoms with Crippen LogP contribution in [0.15, 0.2) is 17.2 Å². The fourth-order valence-corrected chi connectivity index (χ4v) is 3.32. The Hall–Kier alpha value is -2.17. The predicted octanol–water partition coefficient (Wildman–Crippen LogP) is 1.89. The van der Waals surface area contributed by atoms with Crippen LogP contribution in [-0.2, 0) is 16.0 Å². The van der Waals surface area contributed by atoms with Gasteiger partial charge in [-0.3, -0.25) is 9.59 Å². The third kappa shape index (κ3) is 2.44. The van der Waals surface area contributed by atoms with E-state index < -0.39 is 5.97 Å². The number of amides is 1. The van der Waals surface area contributed by atoms with E-state index in [1.165, 1.54) is 11.1 Å².